The predicted molar refractivity (Wildman–Crippen MR) is 127 cm³/mol. The van der Waals surface area contributed by atoms with Crippen LogP contribution in [0.4, 0.5) is 5.69 Å². The molecule has 4 nitrogen and oxygen atoms in total. The van der Waals surface area contributed by atoms with E-state index in [1.165, 1.54) is 10.8 Å². The number of fused-ring (bicyclic) bond motifs is 4. The average molecular weight is 395 g/mol. The van der Waals surface area contributed by atoms with Crippen molar-refractivity contribution in [3.8, 4) is 0 Å². The molecule has 0 radical (unpaired) electrons. The van der Waals surface area contributed by atoms with Crippen LogP contribution in [0.5, 0.6) is 0 Å². The number of rotatable bonds is 3. The van der Waals surface area contributed by atoms with Crippen LogP contribution in [0.2, 0.25) is 0 Å². The van der Waals surface area contributed by atoms with E-state index in [1.807, 2.05) is 36.5 Å². The molecule has 0 spiro atoms. The van der Waals surface area contributed by atoms with Gasteiger partial charge in [-0.05, 0) is 29.1 Å². The molecule has 0 saturated heterocycles. The molecule has 5 heteroatoms. The van der Waals surface area contributed by atoms with E-state index in [2.05, 4.69) is 69.4 Å². The number of hydrazone groups is 1. The Morgan fingerprint density at radius 3 is 2.38 bits per heavy atom. The van der Waals surface area contributed by atoms with E-state index in [1.54, 1.807) is 6.21 Å². The van der Waals surface area contributed by atoms with E-state index < -0.39 is 0 Å². The minimum atomic E-state index is 0.447. The van der Waals surface area contributed by atoms with Crippen LogP contribution in [0, 0.1) is 0 Å². The van der Waals surface area contributed by atoms with Gasteiger partial charge in [0.05, 0.1) is 11.7 Å². The number of nitrogens with one attached hydrogen (secondary N) is 3. The summed E-state index contributed by atoms with van der Waals surface area (Å²) < 4.78 is 0. The average Bonchev–Trinajstić information content (AvgIpc) is 3.18. The third-order valence-electron chi connectivity index (χ3n) is 5.02. The van der Waals surface area contributed by atoms with Crippen molar-refractivity contribution in [1.82, 2.24) is 10.4 Å². The van der Waals surface area contributed by atoms with Crippen molar-refractivity contribution in [3.63, 3.8) is 0 Å². The molecule has 29 heavy (non-hydrogen) atoms. The molecule has 0 bridgehead atoms. The fraction of sp³-hybridized carbons (Fsp3) is 0. The molecule has 4 aromatic carbocycles. The Hall–Kier alpha value is -3.70. The lowest BCUT2D eigenvalue weighted by Crippen LogP contribution is -2.23. The number of thiocarbonyl (C=S) groups is 1. The van der Waals surface area contributed by atoms with Crippen molar-refractivity contribution in [1.29, 1.82) is 0 Å². The van der Waals surface area contributed by atoms with Crippen LogP contribution in [0.15, 0.2) is 90.2 Å². The molecule has 1 heterocycles. The molecule has 0 unspecified atom stereocenters. The summed E-state index contributed by atoms with van der Waals surface area (Å²) in [6.45, 7) is 0. The summed E-state index contributed by atoms with van der Waals surface area (Å²) in [5.41, 5.74) is 5.98. The van der Waals surface area contributed by atoms with Gasteiger partial charge in [0.1, 0.15) is 0 Å². The largest absolute Gasteiger partial charge is 0.360 e. The first-order valence-corrected chi connectivity index (χ1v) is 9.77. The lowest BCUT2D eigenvalue weighted by Gasteiger charge is -2.09. The van der Waals surface area contributed by atoms with Gasteiger partial charge in [-0.3, -0.25) is 5.43 Å². The first kappa shape index (κ1) is 17.4. The molecule has 0 amide bonds. The van der Waals surface area contributed by atoms with Crippen LogP contribution >= 0.6 is 12.2 Å². The SMILES string of the molecule is S=C(N/N=C/c1c[nH]c2c1ccc1ccccc12)Nc1cccc2ccccc12. The zero-order chi connectivity index (χ0) is 19.6. The van der Waals surface area contributed by atoms with E-state index in [4.69, 9.17) is 12.2 Å². The summed E-state index contributed by atoms with van der Waals surface area (Å²) in [5.74, 6) is 0. The lowest BCUT2D eigenvalue weighted by atomic mass is 10.1. The quantitative estimate of drug-likeness (QED) is 0.206. The molecule has 0 saturated carbocycles. The highest BCUT2D eigenvalue weighted by Gasteiger charge is 2.06. The van der Waals surface area contributed by atoms with Crippen LogP contribution in [0.25, 0.3) is 32.4 Å². The molecule has 5 rings (SSSR count). The number of aromatic nitrogens is 1. The standard InChI is InChI=1S/C24H18N4S/c29-24(27-22-11-5-8-16-6-1-3-9-19(16)22)28-26-15-18-14-25-23-20-10-4-2-7-17(20)12-13-21(18)23/h1-15,25H,(H2,27,28,29)/b26-15+. The van der Waals surface area contributed by atoms with Gasteiger partial charge in [0.25, 0.3) is 0 Å². The van der Waals surface area contributed by atoms with Gasteiger partial charge in [-0.2, -0.15) is 5.10 Å². The van der Waals surface area contributed by atoms with Crippen LogP contribution in [-0.4, -0.2) is 16.3 Å². The van der Waals surface area contributed by atoms with E-state index in [0.717, 1.165) is 32.9 Å². The number of H-pyrrole nitrogens is 1. The van der Waals surface area contributed by atoms with E-state index in [-0.39, 0.29) is 0 Å². The summed E-state index contributed by atoms with van der Waals surface area (Å²) in [5, 5.41) is 13.8. The molecule has 0 fully saturated rings. The van der Waals surface area contributed by atoms with Gasteiger partial charge < -0.3 is 10.3 Å². The second kappa shape index (κ2) is 7.37. The second-order valence-electron chi connectivity index (χ2n) is 6.80. The Bertz CT molecular complexity index is 1380. The summed E-state index contributed by atoms with van der Waals surface area (Å²) in [6.07, 6.45) is 3.74. The van der Waals surface area contributed by atoms with Gasteiger partial charge in [0.15, 0.2) is 5.11 Å². The topological polar surface area (TPSA) is 52.2 Å². The van der Waals surface area contributed by atoms with Crippen molar-refractivity contribution < 1.29 is 0 Å². The van der Waals surface area contributed by atoms with Crippen LogP contribution in [0.3, 0.4) is 0 Å². The van der Waals surface area contributed by atoms with Crippen LogP contribution < -0.4 is 10.7 Å². The second-order valence-corrected chi connectivity index (χ2v) is 7.21. The minimum Gasteiger partial charge on any atom is -0.360 e. The van der Waals surface area contributed by atoms with Gasteiger partial charge >= 0.3 is 0 Å². The van der Waals surface area contributed by atoms with Crippen LogP contribution in [0.1, 0.15) is 5.56 Å². The Morgan fingerprint density at radius 1 is 0.793 bits per heavy atom. The number of benzene rings is 4. The number of hydrogen-bond acceptors (Lipinski definition) is 2. The highest BCUT2D eigenvalue weighted by Crippen LogP contribution is 2.26. The fourth-order valence-electron chi connectivity index (χ4n) is 3.65. The molecule has 1 aromatic heterocycles. The smallest absolute Gasteiger partial charge is 0.191 e. The Labute approximate surface area is 173 Å². The molecule has 0 aliphatic heterocycles. The number of anilines is 1. The third-order valence-corrected chi connectivity index (χ3v) is 5.21. The van der Waals surface area contributed by atoms with Crippen molar-refractivity contribution >= 4 is 61.7 Å². The minimum absolute atomic E-state index is 0.447. The van der Waals surface area contributed by atoms with Gasteiger partial charge in [-0.15, -0.1) is 0 Å². The first-order chi connectivity index (χ1) is 14.3. The van der Waals surface area contributed by atoms with Crippen molar-refractivity contribution in [2.45, 2.75) is 0 Å². The summed E-state index contributed by atoms with van der Waals surface area (Å²) in [6, 6.07) is 26.9. The maximum Gasteiger partial charge on any atom is 0.191 e. The Morgan fingerprint density at radius 2 is 1.52 bits per heavy atom. The van der Waals surface area contributed by atoms with Crippen molar-refractivity contribution in [2.24, 2.45) is 5.10 Å². The highest BCUT2D eigenvalue weighted by molar-refractivity contribution is 7.80. The van der Waals surface area contributed by atoms with E-state index >= 15 is 0 Å². The molecular weight excluding hydrogens is 376 g/mol. The highest BCUT2D eigenvalue weighted by atomic mass is 32.1. The number of hydrogen-bond donors (Lipinski definition) is 3. The molecule has 3 N–H and O–H groups in total. The summed E-state index contributed by atoms with van der Waals surface area (Å²) in [4.78, 5) is 3.36. The predicted octanol–water partition coefficient (Wildman–Crippen LogP) is 5.79. The zero-order valence-corrected chi connectivity index (χ0v) is 16.3. The number of aromatic amines is 1. The third kappa shape index (κ3) is 3.32. The first-order valence-electron chi connectivity index (χ1n) is 9.36. The van der Waals surface area contributed by atoms with Crippen molar-refractivity contribution in [2.75, 3.05) is 5.32 Å². The van der Waals surface area contributed by atoms with Gasteiger partial charge in [-0.25, -0.2) is 0 Å². The van der Waals surface area contributed by atoms with Gasteiger partial charge in [0.2, 0.25) is 0 Å². The Balaban J connectivity index is 1.34. The maximum atomic E-state index is 5.41. The molecular formula is C24H18N4S. The summed E-state index contributed by atoms with van der Waals surface area (Å²) in [7, 11) is 0. The maximum absolute atomic E-state index is 5.41. The molecule has 140 valence electrons. The summed E-state index contributed by atoms with van der Waals surface area (Å²) >= 11 is 5.41. The molecule has 0 aliphatic carbocycles. The zero-order valence-electron chi connectivity index (χ0n) is 15.5. The van der Waals surface area contributed by atoms with Gasteiger partial charge in [-0.1, -0.05) is 72.8 Å². The fourth-order valence-corrected chi connectivity index (χ4v) is 3.81. The molecule has 0 aliphatic rings. The molecule has 5 aromatic rings. The molecule has 0 atom stereocenters. The van der Waals surface area contributed by atoms with Gasteiger partial charge in [0, 0.05) is 33.6 Å². The number of nitrogens with zero attached hydrogens (tertiary/aromatic N) is 1. The lowest BCUT2D eigenvalue weighted by molar-refractivity contribution is 1.05. The van der Waals surface area contributed by atoms with E-state index in [9.17, 15) is 0 Å². The normalized spacial score (nSPS) is 11.4. The Kier molecular flexibility index (Phi) is 4.42. The van der Waals surface area contributed by atoms with Crippen molar-refractivity contribution in [3.05, 3.63) is 90.6 Å². The van der Waals surface area contributed by atoms with E-state index in [0.29, 0.717) is 5.11 Å². The van der Waals surface area contributed by atoms with Crippen LogP contribution in [-0.2, 0) is 0 Å². The monoisotopic (exact) mass is 394 g/mol.